The van der Waals surface area contributed by atoms with Crippen LogP contribution in [0.15, 0.2) is 24.3 Å². The van der Waals surface area contributed by atoms with Gasteiger partial charge >= 0.3 is 0 Å². The number of aryl methyl sites for hydroxylation is 2. The summed E-state index contributed by atoms with van der Waals surface area (Å²) < 4.78 is 0. The quantitative estimate of drug-likeness (QED) is 0.899. The molecular weight excluding hydrogens is 236 g/mol. The minimum absolute atomic E-state index is 0.295. The van der Waals surface area contributed by atoms with Crippen LogP contribution < -0.4 is 5.32 Å². The van der Waals surface area contributed by atoms with E-state index < -0.39 is 0 Å². The highest BCUT2D eigenvalue weighted by Crippen LogP contribution is 2.14. The molecule has 1 heterocycles. The molecule has 1 aliphatic rings. The Balaban J connectivity index is 1.86. The van der Waals surface area contributed by atoms with Crippen molar-refractivity contribution >= 4 is 5.91 Å². The third-order valence-electron chi connectivity index (χ3n) is 4.05. The summed E-state index contributed by atoms with van der Waals surface area (Å²) in [7, 11) is 1.98. The van der Waals surface area contributed by atoms with Crippen molar-refractivity contribution in [1.82, 2.24) is 10.2 Å². The number of carbonyl (C=O) groups is 1. The third-order valence-corrected chi connectivity index (χ3v) is 4.05. The van der Waals surface area contributed by atoms with Gasteiger partial charge in [0.05, 0.1) is 0 Å². The van der Waals surface area contributed by atoms with Crippen LogP contribution in [0.25, 0.3) is 0 Å². The van der Waals surface area contributed by atoms with E-state index in [1.165, 1.54) is 17.5 Å². The standard InChI is InChI=1S/C16H24N2O/c1-13-6-3-4-7-14(13)9-10-16(19)18-11-5-8-15(12-18)17-2/h3-4,6-7,15,17H,5,8-12H2,1-2H3/t15-/m0/s1. The van der Waals surface area contributed by atoms with Crippen LogP contribution in [-0.4, -0.2) is 37.0 Å². The van der Waals surface area contributed by atoms with Crippen LogP contribution >= 0.6 is 0 Å². The second kappa shape index (κ2) is 6.71. The maximum atomic E-state index is 12.2. The number of nitrogens with zero attached hydrogens (tertiary/aromatic N) is 1. The molecule has 2 rings (SSSR count). The van der Waals surface area contributed by atoms with Gasteiger partial charge in [0, 0.05) is 25.6 Å². The Hall–Kier alpha value is -1.35. The zero-order valence-corrected chi connectivity index (χ0v) is 12.0. The highest BCUT2D eigenvalue weighted by atomic mass is 16.2. The maximum absolute atomic E-state index is 12.2. The van der Waals surface area contributed by atoms with Crippen LogP contribution in [-0.2, 0) is 11.2 Å². The predicted molar refractivity (Wildman–Crippen MR) is 78.2 cm³/mol. The average Bonchev–Trinajstić information content (AvgIpc) is 2.46. The summed E-state index contributed by atoms with van der Waals surface area (Å²) in [6.45, 7) is 3.89. The first-order valence-corrected chi connectivity index (χ1v) is 7.20. The fourth-order valence-electron chi connectivity index (χ4n) is 2.73. The van der Waals surface area contributed by atoms with E-state index in [1.54, 1.807) is 0 Å². The second-order valence-corrected chi connectivity index (χ2v) is 5.39. The van der Waals surface area contributed by atoms with Crippen molar-refractivity contribution in [3.8, 4) is 0 Å². The van der Waals surface area contributed by atoms with E-state index in [0.717, 1.165) is 25.9 Å². The van der Waals surface area contributed by atoms with Gasteiger partial charge in [0.1, 0.15) is 0 Å². The van der Waals surface area contributed by atoms with Crippen LogP contribution in [0, 0.1) is 6.92 Å². The SMILES string of the molecule is CN[C@H]1CCCN(C(=O)CCc2ccccc2C)C1. The lowest BCUT2D eigenvalue weighted by Crippen LogP contribution is -2.47. The molecule has 1 aliphatic heterocycles. The van der Waals surface area contributed by atoms with Crippen LogP contribution in [0.2, 0.25) is 0 Å². The Morgan fingerprint density at radius 1 is 1.42 bits per heavy atom. The molecule has 3 heteroatoms. The molecule has 0 bridgehead atoms. The Morgan fingerprint density at radius 3 is 2.95 bits per heavy atom. The number of likely N-dealkylation sites (N-methyl/N-ethyl adjacent to an activating group) is 1. The van der Waals surface area contributed by atoms with Gasteiger partial charge in [-0.1, -0.05) is 24.3 Å². The van der Waals surface area contributed by atoms with Crippen LogP contribution in [0.3, 0.4) is 0 Å². The summed E-state index contributed by atoms with van der Waals surface area (Å²) in [6.07, 6.45) is 3.77. The number of piperidine rings is 1. The molecule has 1 aromatic carbocycles. The summed E-state index contributed by atoms with van der Waals surface area (Å²) >= 11 is 0. The van der Waals surface area contributed by atoms with Crippen molar-refractivity contribution < 1.29 is 4.79 Å². The van der Waals surface area contributed by atoms with Gasteiger partial charge in [0.25, 0.3) is 0 Å². The van der Waals surface area contributed by atoms with Gasteiger partial charge in [-0.25, -0.2) is 0 Å². The predicted octanol–water partition coefficient (Wildman–Crippen LogP) is 2.14. The smallest absolute Gasteiger partial charge is 0.222 e. The molecular formula is C16H24N2O. The average molecular weight is 260 g/mol. The van der Waals surface area contributed by atoms with Crippen molar-refractivity contribution in [3.63, 3.8) is 0 Å². The number of nitrogens with one attached hydrogen (secondary N) is 1. The molecule has 1 amide bonds. The highest BCUT2D eigenvalue weighted by Gasteiger charge is 2.22. The van der Waals surface area contributed by atoms with Gasteiger partial charge in [0.2, 0.25) is 5.91 Å². The van der Waals surface area contributed by atoms with E-state index in [1.807, 2.05) is 24.1 Å². The van der Waals surface area contributed by atoms with E-state index in [-0.39, 0.29) is 0 Å². The molecule has 0 aliphatic carbocycles. The number of rotatable bonds is 4. The zero-order valence-electron chi connectivity index (χ0n) is 12.0. The third kappa shape index (κ3) is 3.80. The summed E-state index contributed by atoms with van der Waals surface area (Å²) in [5.74, 6) is 0.295. The molecule has 1 atom stereocenters. The van der Waals surface area contributed by atoms with Gasteiger partial charge < -0.3 is 10.2 Å². The number of carbonyl (C=O) groups excluding carboxylic acids is 1. The number of hydrogen-bond donors (Lipinski definition) is 1. The topological polar surface area (TPSA) is 32.3 Å². The maximum Gasteiger partial charge on any atom is 0.222 e. The first-order valence-electron chi connectivity index (χ1n) is 7.20. The van der Waals surface area contributed by atoms with Crippen molar-refractivity contribution in [3.05, 3.63) is 35.4 Å². The van der Waals surface area contributed by atoms with Crippen LogP contribution in [0.5, 0.6) is 0 Å². The summed E-state index contributed by atoms with van der Waals surface area (Å²) in [4.78, 5) is 14.3. The Morgan fingerprint density at radius 2 is 2.21 bits per heavy atom. The van der Waals surface area contributed by atoms with Gasteiger partial charge in [0.15, 0.2) is 0 Å². The Bertz CT molecular complexity index is 431. The Labute approximate surface area is 116 Å². The highest BCUT2D eigenvalue weighted by molar-refractivity contribution is 5.76. The first-order chi connectivity index (χ1) is 9.20. The fourth-order valence-corrected chi connectivity index (χ4v) is 2.73. The summed E-state index contributed by atoms with van der Waals surface area (Å²) in [5, 5.41) is 3.28. The lowest BCUT2D eigenvalue weighted by atomic mass is 10.0. The number of amides is 1. The lowest BCUT2D eigenvalue weighted by Gasteiger charge is -2.32. The van der Waals surface area contributed by atoms with Gasteiger partial charge in [-0.3, -0.25) is 4.79 Å². The van der Waals surface area contributed by atoms with Crippen molar-refractivity contribution in [2.45, 2.75) is 38.6 Å². The van der Waals surface area contributed by atoms with E-state index in [2.05, 4.69) is 24.4 Å². The molecule has 1 saturated heterocycles. The zero-order chi connectivity index (χ0) is 13.7. The molecule has 19 heavy (non-hydrogen) atoms. The Kier molecular flexibility index (Phi) is 4.97. The van der Waals surface area contributed by atoms with Crippen molar-refractivity contribution in [1.29, 1.82) is 0 Å². The minimum atomic E-state index is 0.295. The molecule has 0 spiro atoms. The minimum Gasteiger partial charge on any atom is -0.341 e. The number of benzene rings is 1. The lowest BCUT2D eigenvalue weighted by molar-refractivity contribution is -0.132. The monoisotopic (exact) mass is 260 g/mol. The molecule has 1 aromatic rings. The van der Waals surface area contributed by atoms with Gasteiger partial charge in [-0.15, -0.1) is 0 Å². The molecule has 1 fully saturated rings. The van der Waals surface area contributed by atoms with Gasteiger partial charge in [-0.05, 0) is 44.4 Å². The molecule has 3 nitrogen and oxygen atoms in total. The van der Waals surface area contributed by atoms with E-state index in [4.69, 9.17) is 0 Å². The number of likely N-dealkylation sites (tertiary alicyclic amines) is 1. The molecule has 0 radical (unpaired) electrons. The van der Waals surface area contributed by atoms with Crippen LogP contribution in [0.4, 0.5) is 0 Å². The van der Waals surface area contributed by atoms with E-state index in [0.29, 0.717) is 18.4 Å². The first kappa shape index (κ1) is 14.1. The van der Waals surface area contributed by atoms with Crippen LogP contribution in [0.1, 0.15) is 30.4 Å². The van der Waals surface area contributed by atoms with Crippen molar-refractivity contribution in [2.24, 2.45) is 0 Å². The molecule has 0 saturated carbocycles. The fraction of sp³-hybridized carbons (Fsp3) is 0.562. The number of hydrogen-bond acceptors (Lipinski definition) is 2. The summed E-state index contributed by atoms with van der Waals surface area (Å²) in [5.41, 5.74) is 2.57. The molecule has 1 N–H and O–H groups in total. The van der Waals surface area contributed by atoms with Crippen molar-refractivity contribution in [2.75, 3.05) is 20.1 Å². The normalized spacial score (nSPS) is 19.5. The van der Waals surface area contributed by atoms with E-state index >= 15 is 0 Å². The second-order valence-electron chi connectivity index (χ2n) is 5.39. The molecule has 0 aromatic heterocycles. The molecule has 104 valence electrons. The van der Waals surface area contributed by atoms with Gasteiger partial charge in [-0.2, -0.15) is 0 Å². The summed E-state index contributed by atoms with van der Waals surface area (Å²) in [6, 6.07) is 8.79. The molecule has 0 unspecified atom stereocenters. The van der Waals surface area contributed by atoms with E-state index in [9.17, 15) is 4.79 Å². The largest absolute Gasteiger partial charge is 0.341 e.